The van der Waals surface area contributed by atoms with Crippen molar-refractivity contribution in [3.05, 3.63) is 53.9 Å². The van der Waals surface area contributed by atoms with E-state index < -0.39 is 0 Å². The Labute approximate surface area is 138 Å². The number of hydrogen-bond acceptors (Lipinski definition) is 4. The standard InChI is InChI=1S/C18H15N3O3/c1-24-18(23)12-2-6-16-15(9-12)19-10-21(16)13-4-5-14-11(8-13)3-7-17(22)20-14/h2,4-6,8-10H,3,7H2,1H3,(H,20,22). The Kier molecular flexibility index (Phi) is 3.30. The van der Waals surface area contributed by atoms with Gasteiger partial charge in [0.15, 0.2) is 0 Å². The lowest BCUT2D eigenvalue weighted by Gasteiger charge is -2.18. The largest absolute Gasteiger partial charge is 0.465 e. The molecule has 0 atom stereocenters. The first-order valence-corrected chi connectivity index (χ1v) is 7.64. The van der Waals surface area contributed by atoms with Crippen LogP contribution in [0.4, 0.5) is 5.69 Å². The highest BCUT2D eigenvalue weighted by Gasteiger charge is 2.16. The molecule has 1 aliphatic rings. The Balaban J connectivity index is 1.77. The molecule has 0 bridgehead atoms. The minimum absolute atomic E-state index is 0.0543. The van der Waals surface area contributed by atoms with Crippen LogP contribution in [0.15, 0.2) is 42.7 Å². The summed E-state index contributed by atoms with van der Waals surface area (Å²) in [5.41, 5.74) is 5.06. The predicted octanol–water partition coefficient (Wildman–Crippen LogP) is 2.70. The average Bonchev–Trinajstić information content (AvgIpc) is 3.03. The van der Waals surface area contributed by atoms with Gasteiger partial charge in [0.2, 0.25) is 5.91 Å². The number of esters is 1. The van der Waals surface area contributed by atoms with Gasteiger partial charge in [-0.25, -0.2) is 9.78 Å². The summed E-state index contributed by atoms with van der Waals surface area (Å²) >= 11 is 0. The molecule has 6 heteroatoms. The number of methoxy groups -OCH3 is 1. The number of fused-ring (bicyclic) bond motifs is 2. The third kappa shape index (κ3) is 2.32. The van der Waals surface area contributed by atoms with Crippen molar-refractivity contribution in [1.82, 2.24) is 9.55 Å². The number of carbonyl (C=O) groups is 2. The van der Waals surface area contributed by atoms with Crippen LogP contribution >= 0.6 is 0 Å². The first kappa shape index (κ1) is 14.4. The normalized spacial score (nSPS) is 13.5. The van der Waals surface area contributed by atoms with Crippen LogP contribution < -0.4 is 5.32 Å². The molecule has 0 radical (unpaired) electrons. The molecule has 4 rings (SSSR count). The number of ether oxygens (including phenoxy) is 1. The van der Waals surface area contributed by atoms with Gasteiger partial charge in [0.05, 0.1) is 23.7 Å². The number of rotatable bonds is 2. The third-order valence-electron chi connectivity index (χ3n) is 4.23. The van der Waals surface area contributed by atoms with Crippen molar-refractivity contribution in [2.45, 2.75) is 12.8 Å². The maximum atomic E-state index is 11.6. The van der Waals surface area contributed by atoms with Crippen LogP contribution in [0, 0.1) is 0 Å². The van der Waals surface area contributed by atoms with Crippen LogP contribution in [0.2, 0.25) is 0 Å². The number of nitrogens with zero attached hydrogens (tertiary/aromatic N) is 2. The molecule has 0 fully saturated rings. The van der Waals surface area contributed by atoms with Gasteiger partial charge in [-0.15, -0.1) is 0 Å². The van der Waals surface area contributed by atoms with E-state index >= 15 is 0 Å². The van der Waals surface area contributed by atoms with Crippen molar-refractivity contribution in [1.29, 1.82) is 0 Å². The van der Waals surface area contributed by atoms with E-state index in [9.17, 15) is 9.59 Å². The third-order valence-corrected chi connectivity index (χ3v) is 4.23. The number of nitrogens with one attached hydrogen (secondary N) is 1. The fourth-order valence-electron chi connectivity index (χ4n) is 2.98. The summed E-state index contributed by atoms with van der Waals surface area (Å²) < 4.78 is 6.70. The highest BCUT2D eigenvalue weighted by atomic mass is 16.5. The average molecular weight is 321 g/mol. The van der Waals surface area contributed by atoms with Crippen LogP contribution in [0.25, 0.3) is 16.7 Å². The maximum absolute atomic E-state index is 11.6. The van der Waals surface area contributed by atoms with Crippen molar-refractivity contribution < 1.29 is 14.3 Å². The summed E-state index contributed by atoms with van der Waals surface area (Å²) in [6, 6.07) is 11.2. The number of aryl methyl sites for hydroxylation is 1. The molecule has 0 aliphatic carbocycles. The minimum atomic E-state index is -0.379. The van der Waals surface area contributed by atoms with Crippen LogP contribution in [0.5, 0.6) is 0 Å². The molecule has 6 nitrogen and oxygen atoms in total. The summed E-state index contributed by atoms with van der Waals surface area (Å²) in [4.78, 5) is 27.5. The molecule has 0 unspecified atom stereocenters. The quantitative estimate of drug-likeness (QED) is 0.737. The Morgan fingerprint density at radius 1 is 1.21 bits per heavy atom. The van der Waals surface area contributed by atoms with Gasteiger partial charge in [-0.05, 0) is 48.4 Å². The lowest BCUT2D eigenvalue weighted by Crippen LogP contribution is -2.19. The molecular formula is C18H15N3O3. The maximum Gasteiger partial charge on any atom is 0.337 e. The second kappa shape index (κ2) is 5.49. The number of anilines is 1. The van der Waals surface area contributed by atoms with E-state index in [2.05, 4.69) is 16.4 Å². The SMILES string of the molecule is COC(=O)c1ccc2c(c1)ncn2-c1ccc2c(c1)CCC(=O)N2. The number of aromatic nitrogens is 2. The lowest BCUT2D eigenvalue weighted by atomic mass is 10.0. The number of carbonyl (C=O) groups excluding carboxylic acids is 2. The summed E-state index contributed by atoms with van der Waals surface area (Å²) in [5.74, 6) is -0.324. The molecule has 2 aromatic carbocycles. The zero-order valence-corrected chi connectivity index (χ0v) is 13.1. The second-order valence-electron chi connectivity index (χ2n) is 5.70. The van der Waals surface area contributed by atoms with E-state index in [4.69, 9.17) is 4.74 Å². The van der Waals surface area contributed by atoms with Gasteiger partial charge in [0.25, 0.3) is 0 Å². The number of hydrogen-bond donors (Lipinski definition) is 1. The van der Waals surface area contributed by atoms with Gasteiger partial charge >= 0.3 is 5.97 Å². The molecule has 1 aliphatic heterocycles. The first-order chi connectivity index (χ1) is 11.7. The minimum Gasteiger partial charge on any atom is -0.465 e. The molecule has 24 heavy (non-hydrogen) atoms. The number of imidazole rings is 1. The van der Waals surface area contributed by atoms with E-state index in [0.29, 0.717) is 12.0 Å². The topological polar surface area (TPSA) is 73.2 Å². The zero-order chi connectivity index (χ0) is 16.7. The lowest BCUT2D eigenvalue weighted by molar-refractivity contribution is -0.116. The number of amides is 1. The molecular weight excluding hydrogens is 306 g/mol. The molecule has 1 aromatic heterocycles. The zero-order valence-electron chi connectivity index (χ0n) is 13.1. The van der Waals surface area contributed by atoms with Crippen molar-refractivity contribution >= 4 is 28.6 Å². The Hall–Kier alpha value is -3.15. The van der Waals surface area contributed by atoms with Crippen molar-refractivity contribution in [2.24, 2.45) is 0 Å². The van der Waals surface area contributed by atoms with Gasteiger partial charge in [-0.2, -0.15) is 0 Å². The van der Waals surface area contributed by atoms with Gasteiger partial charge in [-0.1, -0.05) is 0 Å². The van der Waals surface area contributed by atoms with Gasteiger partial charge in [0, 0.05) is 17.8 Å². The van der Waals surface area contributed by atoms with Crippen LogP contribution in [-0.2, 0) is 16.0 Å². The van der Waals surface area contributed by atoms with E-state index in [-0.39, 0.29) is 11.9 Å². The molecule has 0 saturated carbocycles. The number of benzene rings is 2. The van der Waals surface area contributed by atoms with E-state index in [1.807, 2.05) is 22.8 Å². The van der Waals surface area contributed by atoms with Crippen LogP contribution in [0.1, 0.15) is 22.3 Å². The van der Waals surface area contributed by atoms with Gasteiger partial charge in [0.1, 0.15) is 6.33 Å². The Bertz CT molecular complexity index is 975. The summed E-state index contributed by atoms with van der Waals surface area (Å²) in [5, 5.41) is 2.88. The summed E-state index contributed by atoms with van der Waals surface area (Å²) in [6.45, 7) is 0. The van der Waals surface area contributed by atoms with E-state index in [1.54, 1.807) is 18.5 Å². The predicted molar refractivity (Wildman–Crippen MR) is 89.4 cm³/mol. The molecule has 0 spiro atoms. The van der Waals surface area contributed by atoms with Gasteiger partial charge in [-0.3, -0.25) is 9.36 Å². The molecule has 3 aromatic rings. The first-order valence-electron chi connectivity index (χ1n) is 7.64. The summed E-state index contributed by atoms with van der Waals surface area (Å²) in [6.07, 6.45) is 2.96. The molecule has 1 amide bonds. The molecule has 1 N–H and O–H groups in total. The second-order valence-corrected chi connectivity index (χ2v) is 5.70. The van der Waals surface area contributed by atoms with Crippen molar-refractivity contribution in [3.63, 3.8) is 0 Å². The van der Waals surface area contributed by atoms with Crippen molar-refractivity contribution in [3.8, 4) is 5.69 Å². The fraction of sp³-hybridized carbons (Fsp3) is 0.167. The smallest absolute Gasteiger partial charge is 0.337 e. The highest BCUT2D eigenvalue weighted by Crippen LogP contribution is 2.27. The van der Waals surface area contributed by atoms with E-state index in [1.165, 1.54) is 7.11 Å². The highest BCUT2D eigenvalue weighted by molar-refractivity contribution is 5.95. The Morgan fingerprint density at radius 3 is 2.92 bits per heavy atom. The van der Waals surface area contributed by atoms with Gasteiger partial charge < -0.3 is 10.1 Å². The van der Waals surface area contributed by atoms with Crippen molar-refractivity contribution in [2.75, 3.05) is 12.4 Å². The van der Waals surface area contributed by atoms with Crippen LogP contribution in [0.3, 0.4) is 0 Å². The summed E-state index contributed by atoms with van der Waals surface area (Å²) in [7, 11) is 1.36. The fourth-order valence-corrected chi connectivity index (χ4v) is 2.98. The Morgan fingerprint density at radius 2 is 2.08 bits per heavy atom. The molecule has 120 valence electrons. The molecule has 2 heterocycles. The van der Waals surface area contributed by atoms with Crippen LogP contribution in [-0.4, -0.2) is 28.5 Å². The van der Waals surface area contributed by atoms with E-state index in [0.717, 1.165) is 34.4 Å². The molecule has 0 saturated heterocycles. The monoisotopic (exact) mass is 321 g/mol.